The molecule has 0 saturated heterocycles. The molecule has 7 nitrogen and oxygen atoms in total. The summed E-state index contributed by atoms with van der Waals surface area (Å²) >= 11 is 0. The molecule has 1 aliphatic carbocycles. The van der Waals surface area contributed by atoms with Crippen LogP contribution >= 0.6 is 0 Å². The van der Waals surface area contributed by atoms with Crippen molar-refractivity contribution >= 4 is 28.6 Å². The Labute approximate surface area is 173 Å². The van der Waals surface area contributed by atoms with E-state index in [1.165, 1.54) is 11.1 Å². The van der Waals surface area contributed by atoms with Crippen LogP contribution in [0.3, 0.4) is 0 Å². The third kappa shape index (κ3) is 3.83. The molecule has 2 aromatic carbocycles. The molecule has 0 unspecified atom stereocenters. The molecular formula is C23H23N3O4. The normalized spacial score (nSPS) is 12.6. The van der Waals surface area contributed by atoms with E-state index in [2.05, 4.69) is 10.3 Å². The minimum absolute atomic E-state index is 0.149. The number of fused-ring (bicyclic) bond motifs is 2. The summed E-state index contributed by atoms with van der Waals surface area (Å²) in [4.78, 5) is 41.1. The summed E-state index contributed by atoms with van der Waals surface area (Å²) < 4.78 is 6.77. The Morgan fingerprint density at radius 2 is 1.93 bits per heavy atom. The van der Waals surface area contributed by atoms with Gasteiger partial charge >= 0.3 is 5.97 Å². The first kappa shape index (κ1) is 19.8. The molecule has 0 saturated carbocycles. The standard InChI is InChI=1S/C23H23N3O4/c1-3-26-20-10-8-17(12-19(20)24-14(2)22(26)28)23(29)30-13-21(27)25-18-9-7-15-5-4-6-16(15)11-18/h7-12H,3-6,13H2,1-2H3,(H,25,27). The number of hydrogen-bond donors (Lipinski definition) is 1. The molecule has 0 aliphatic heterocycles. The molecule has 4 rings (SSSR count). The fraction of sp³-hybridized carbons (Fsp3) is 0.304. The number of ether oxygens (including phenoxy) is 1. The van der Waals surface area contributed by atoms with E-state index < -0.39 is 11.9 Å². The highest BCUT2D eigenvalue weighted by Gasteiger charge is 2.15. The van der Waals surface area contributed by atoms with Gasteiger partial charge in [-0.15, -0.1) is 0 Å². The van der Waals surface area contributed by atoms with E-state index in [-0.39, 0.29) is 17.7 Å². The van der Waals surface area contributed by atoms with Crippen LogP contribution in [0.2, 0.25) is 0 Å². The molecule has 1 N–H and O–H groups in total. The van der Waals surface area contributed by atoms with Crippen LogP contribution in [-0.4, -0.2) is 28.0 Å². The van der Waals surface area contributed by atoms with Crippen LogP contribution in [-0.2, 0) is 28.9 Å². The van der Waals surface area contributed by atoms with E-state index in [4.69, 9.17) is 4.74 Å². The highest BCUT2D eigenvalue weighted by molar-refractivity contribution is 5.97. The lowest BCUT2D eigenvalue weighted by atomic mass is 10.1. The second-order valence-corrected chi connectivity index (χ2v) is 7.41. The molecule has 1 amide bonds. The predicted octanol–water partition coefficient (Wildman–Crippen LogP) is 3.01. The van der Waals surface area contributed by atoms with Crippen molar-refractivity contribution in [3.63, 3.8) is 0 Å². The topological polar surface area (TPSA) is 90.3 Å². The van der Waals surface area contributed by atoms with Crippen LogP contribution in [0.25, 0.3) is 11.0 Å². The molecule has 3 aromatic rings. The number of carbonyl (C=O) groups is 2. The zero-order valence-electron chi connectivity index (χ0n) is 17.0. The molecule has 1 heterocycles. The van der Waals surface area contributed by atoms with E-state index in [1.807, 2.05) is 25.1 Å². The van der Waals surface area contributed by atoms with Crippen LogP contribution in [0.4, 0.5) is 5.69 Å². The smallest absolute Gasteiger partial charge is 0.338 e. The Balaban J connectivity index is 1.43. The highest BCUT2D eigenvalue weighted by atomic mass is 16.5. The van der Waals surface area contributed by atoms with Crippen LogP contribution in [0.1, 0.15) is 40.5 Å². The Morgan fingerprint density at radius 1 is 1.13 bits per heavy atom. The summed E-state index contributed by atoms with van der Waals surface area (Å²) in [7, 11) is 0. The molecule has 0 atom stereocenters. The zero-order chi connectivity index (χ0) is 21.3. The van der Waals surface area contributed by atoms with Crippen molar-refractivity contribution in [1.82, 2.24) is 9.55 Å². The third-order valence-corrected chi connectivity index (χ3v) is 5.38. The van der Waals surface area contributed by atoms with E-state index >= 15 is 0 Å². The van der Waals surface area contributed by atoms with Gasteiger partial charge in [0.1, 0.15) is 5.69 Å². The molecule has 0 bridgehead atoms. The molecule has 0 fully saturated rings. The molecule has 0 radical (unpaired) electrons. The Kier molecular flexibility index (Phi) is 5.35. The number of nitrogens with zero attached hydrogens (tertiary/aromatic N) is 2. The number of esters is 1. The summed E-state index contributed by atoms with van der Waals surface area (Å²) in [6, 6.07) is 10.7. The fourth-order valence-corrected chi connectivity index (χ4v) is 3.88. The van der Waals surface area contributed by atoms with Crippen LogP contribution in [0, 0.1) is 6.92 Å². The van der Waals surface area contributed by atoms with Gasteiger partial charge in [-0.2, -0.15) is 0 Å². The SMILES string of the molecule is CCn1c(=O)c(C)nc2cc(C(=O)OCC(=O)Nc3ccc4c(c3)CCC4)ccc21. The summed E-state index contributed by atoms with van der Waals surface area (Å²) in [6.07, 6.45) is 3.24. The van der Waals surface area contributed by atoms with Gasteiger partial charge in [0.15, 0.2) is 6.61 Å². The van der Waals surface area contributed by atoms with Crippen molar-refractivity contribution in [1.29, 1.82) is 0 Å². The number of carbonyl (C=O) groups excluding carboxylic acids is 2. The predicted molar refractivity (Wildman–Crippen MR) is 114 cm³/mol. The van der Waals surface area contributed by atoms with Crippen LogP contribution < -0.4 is 10.9 Å². The Bertz CT molecular complexity index is 1210. The summed E-state index contributed by atoms with van der Waals surface area (Å²) in [5, 5.41) is 2.77. The Morgan fingerprint density at radius 3 is 2.73 bits per heavy atom. The van der Waals surface area contributed by atoms with Gasteiger partial charge in [0.05, 0.1) is 16.6 Å². The molecule has 1 aromatic heterocycles. The highest BCUT2D eigenvalue weighted by Crippen LogP contribution is 2.24. The van der Waals surface area contributed by atoms with Crippen molar-refractivity contribution in [3.05, 3.63) is 69.1 Å². The maximum atomic E-state index is 12.4. The van der Waals surface area contributed by atoms with Gasteiger partial charge in [-0.25, -0.2) is 9.78 Å². The Hall–Kier alpha value is -3.48. The van der Waals surface area contributed by atoms with Crippen LogP contribution in [0.5, 0.6) is 0 Å². The number of aromatic nitrogens is 2. The fourth-order valence-electron chi connectivity index (χ4n) is 3.88. The number of aryl methyl sites for hydroxylation is 4. The molecular weight excluding hydrogens is 382 g/mol. The van der Waals surface area contributed by atoms with Gasteiger partial charge in [-0.1, -0.05) is 6.07 Å². The summed E-state index contributed by atoms with van der Waals surface area (Å²) in [5.74, 6) is -1.01. The van der Waals surface area contributed by atoms with Crippen molar-refractivity contribution in [3.8, 4) is 0 Å². The minimum atomic E-state index is -0.616. The third-order valence-electron chi connectivity index (χ3n) is 5.38. The number of rotatable bonds is 5. The average Bonchev–Trinajstić information content (AvgIpc) is 3.20. The van der Waals surface area contributed by atoms with Gasteiger partial charge in [0, 0.05) is 12.2 Å². The van der Waals surface area contributed by atoms with Gasteiger partial charge in [-0.3, -0.25) is 9.59 Å². The van der Waals surface area contributed by atoms with Gasteiger partial charge < -0.3 is 14.6 Å². The molecule has 30 heavy (non-hydrogen) atoms. The number of benzene rings is 2. The number of nitrogens with one attached hydrogen (secondary N) is 1. The zero-order valence-corrected chi connectivity index (χ0v) is 17.0. The maximum absolute atomic E-state index is 12.4. The second-order valence-electron chi connectivity index (χ2n) is 7.41. The molecule has 1 aliphatic rings. The maximum Gasteiger partial charge on any atom is 0.338 e. The quantitative estimate of drug-likeness (QED) is 0.659. The first-order valence-corrected chi connectivity index (χ1v) is 10.1. The van der Waals surface area contributed by atoms with Gasteiger partial charge in [-0.05, 0) is 74.6 Å². The van der Waals surface area contributed by atoms with Crippen molar-refractivity contribution in [2.75, 3.05) is 11.9 Å². The minimum Gasteiger partial charge on any atom is -0.452 e. The summed E-state index contributed by atoms with van der Waals surface area (Å²) in [6.45, 7) is 3.64. The number of amides is 1. The van der Waals surface area contributed by atoms with Crippen molar-refractivity contribution in [2.45, 2.75) is 39.7 Å². The van der Waals surface area contributed by atoms with Gasteiger partial charge in [0.2, 0.25) is 0 Å². The lowest BCUT2D eigenvalue weighted by molar-refractivity contribution is -0.119. The van der Waals surface area contributed by atoms with E-state index in [0.29, 0.717) is 29.0 Å². The first-order valence-electron chi connectivity index (χ1n) is 10.1. The largest absolute Gasteiger partial charge is 0.452 e. The second kappa shape index (κ2) is 8.10. The number of hydrogen-bond acceptors (Lipinski definition) is 5. The van der Waals surface area contributed by atoms with E-state index in [9.17, 15) is 14.4 Å². The van der Waals surface area contributed by atoms with Crippen LogP contribution in [0.15, 0.2) is 41.2 Å². The monoisotopic (exact) mass is 405 g/mol. The van der Waals surface area contributed by atoms with E-state index in [0.717, 1.165) is 19.3 Å². The van der Waals surface area contributed by atoms with Crippen molar-refractivity contribution in [2.24, 2.45) is 0 Å². The number of anilines is 1. The summed E-state index contributed by atoms with van der Waals surface area (Å²) in [5.41, 5.74) is 4.97. The molecule has 154 valence electrons. The lowest BCUT2D eigenvalue weighted by Gasteiger charge is -2.10. The molecule has 7 heteroatoms. The van der Waals surface area contributed by atoms with E-state index in [1.54, 1.807) is 29.7 Å². The lowest BCUT2D eigenvalue weighted by Crippen LogP contribution is -2.23. The van der Waals surface area contributed by atoms with Crippen molar-refractivity contribution < 1.29 is 14.3 Å². The first-order chi connectivity index (χ1) is 14.5. The van der Waals surface area contributed by atoms with Gasteiger partial charge in [0.25, 0.3) is 11.5 Å². The molecule has 0 spiro atoms. The average molecular weight is 405 g/mol.